The highest BCUT2D eigenvalue weighted by Gasteiger charge is 2.16. The number of rotatable bonds is 6. The van der Waals surface area contributed by atoms with E-state index in [0.29, 0.717) is 18.0 Å². The zero-order valence-electron chi connectivity index (χ0n) is 12.0. The van der Waals surface area contributed by atoms with Crippen molar-refractivity contribution in [3.8, 4) is 33.7 Å². The Morgan fingerprint density at radius 2 is 2.13 bits per heavy atom. The highest BCUT2D eigenvalue weighted by Crippen LogP contribution is 2.34. The topological polar surface area (TPSA) is 57.4 Å². The van der Waals surface area contributed by atoms with Crippen LogP contribution in [0.25, 0.3) is 22.2 Å². The molecule has 2 heterocycles. The van der Waals surface area contributed by atoms with Gasteiger partial charge in [-0.15, -0.1) is 11.3 Å². The van der Waals surface area contributed by atoms with Gasteiger partial charge in [0.1, 0.15) is 0 Å². The van der Waals surface area contributed by atoms with Crippen molar-refractivity contribution in [2.24, 2.45) is 0 Å². The Morgan fingerprint density at radius 3 is 2.83 bits per heavy atom. The van der Waals surface area contributed by atoms with E-state index in [1.54, 1.807) is 13.0 Å². The predicted molar refractivity (Wildman–Crippen MR) is 80.8 cm³/mol. The number of hydrogen-bond donors (Lipinski definition) is 0. The van der Waals surface area contributed by atoms with Gasteiger partial charge in [0, 0.05) is 5.56 Å². The molecule has 3 rings (SSSR count). The van der Waals surface area contributed by atoms with E-state index >= 15 is 0 Å². The molecule has 23 heavy (non-hydrogen) atoms. The molecule has 0 aliphatic rings. The summed E-state index contributed by atoms with van der Waals surface area (Å²) < 4.78 is 39.8. The lowest BCUT2D eigenvalue weighted by molar-refractivity contribution is -0.0514. The monoisotopic (exact) mass is 338 g/mol. The van der Waals surface area contributed by atoms with Crippen molar-refractivity contribution < 1.29 is 22.8 Å². The van der Waals surface area contributed by atoms with Crippen LogP contribution in [0, 0.1) is 0 Å². The molecule has 0 radical (unpaired) electrons. The molecule has 3 aromatic rings. The lowest BCUT2D eigenvalue weighted by Gasteiger charge is -2.11. The van der Waals surface area contributed by atoms with E-state index in [4.69, 9.17) is 9.26 Å². The molecule has 0 aliphatic heterocycles. The Morgan fingerprint density at radius 1 is 1.26 bits per heavy atom. The minimum Gasteiger partial charge on any atom is -0.490 e. The van der Waals surface area contributed by atoms with Crippen molar-refractivity contribution in [2.75, 3.05) is 6.61 Å². The fraction of sp³-hybridized carbons (Fsp3) is 0.200. The summed E-state index contributed by atoms with van der Waals surface area (Å²) in [6, 6.07) is 8.25. The Labute approximate surface area is 134 Å². The SMILES string of the molecule is CCOc1cc(-c2nc(-c3cccs3)no2)ccc1OC(F)F. The molecule has 0 aliphatic carbocycles. The van der Waals surface area contributed by atoms with Crippen molar-refractivity contribution in [1.82, 2.24) is 10.1 Å². The highest BCUT2D eigenvalue weighted by molar-refractivity contribution is 7.13. The lowest BCUT2D eigenvalue weighted by Crippen LogP contribution is -2.04. The summed E-state index contributed by atoms with van der Waals surface area (Å²) in [6.07, 6.45) is 0. The number of aromatic nitrogens is 2. The summed E-state index contributed by atoms with van der Waals surface area (Å²) >= 11 is 1.49. The molecule has 0 spiro atoms. The van der Waals surface area contributed by atoms with Crippen LogP contribution in [0.4, 0.5) is 8.78 Å². The van der Waals surface area contributed by atoms with Crippen LogP contribution in [0.2, 0.25) is 0 Å². The van der Waals surface area contributed by atoms with Crippen molar-refractivity contribution in [1.29, 1.82) is 0 Å². The predicted octanol–water partition coefficient (Wildman–Crippen LogP) is 4.47. The first-order chi connectivity index (χ1) is 11.2. The first-order valence-corrected chi connectivity index (χ1v) is 7.65. The number of halogens is 2. The summed E-state index contributed by atoms with van der Waals surface area (Å²) in [5, 5.41) is 5.83. The number of alkyl halides is 2. The molecule has 8 heteroatoms. The second kappa shape index (κ2) is 6.74. The first kappa shape index (κ1) is 15.4. The first-order valence-electron chi connectivity index (χ1n) is 6.77. The minimum absolute atomic E-state index is 0.0383. The summed E-state index contributed by atoms with van der Waals surface area (Å²) in [7, 11) is 0. The van der Waals surface area contributed by atoms with Gasteiger partial charge in [-0.25, -0.2) is 0 Å². The third-order valence-corrected chi connectivity index (χ3v) is 3.74. The maximum Gasteiger partial charge on any atom is 0.387 e. The molecule has 0 saturated heterocycles. The standard InChI is InChI=1S/C15H12F2N2O3S/c1-2-20-11-8-9(5-6-10(11)21-15(16)17)14-18-13(19-22-14)12-4-3-7-23-12/h3-8,15H,2H2,1H3. The van der Waals surface area contributed by atoms with Crippen LogP contribution in [0.1, 0.15) is 6.92 Å². The largest absolute Gasteiger partial charge is 0.490 e. The van der Waals surface area contributed by atoms with E-state index in [9.17, 15) is 8.78 Å². The molecule has 0 unspecified atom stereocenters. The quantitative estimate of drug-likeness (QED) is 0.664. The van der Waals surface area contributed by atoms with Crippen LogP contribution in [-0.4, -0.2) is 23.4 Å². The average molecular weight is 338 g/mol. The fourth-order valence-corrected chi connectivity index (χ4v) is 2.60. The molecule has 0 fully saturated rings. The molecule has 0 atom stereocenters. The average Bonchev–Trinajstić information content (AvgIpc) is 3.19. The van der Waals surface area contributed by atoms with Gasteiger partial charge in [-0.2, -0.15) is 13.8 Å². The minimum atomic E-state index is -2.92. The molecule has 0 N–H and O–H groups in total. The van der Waals surface area contributed by atoms with Gasteiger partial charge in [-0.05, 0) is 36.6 Å². The van der Waals surface area contributed by atoms with Gasteiger partial charge in [0.2, 0.25) is 5.82 Å². The van der Waals surface area contributed by atoms with Gasteiger partial charge in [-0.1, -0.05) is 11.2 Å². The molecule has 2 aromatic heterocycles. The normalized spacial score (nSPS) is 11.0. The van der Waals surface area contributed by atoms with Crippen molar-refractivity contribution in [3.63, 3.8) is 0 Å². The Bertz CT molecular complexity index is 775. The molecular weight excluding hydrogens is 326 g/mol. The van der Waals surface area contributed by atoms with E-state index < -0.39 is 6.61 Å². The van der Waals surface area contributed by atoms with Crippen LogP contribution < -0.4 is 9.47 Å². The third kappa shape index (κ3) is 3.48. The molecule has 0 amide bonds. The van der Waals surface area contributed by atoms with Gasteiger partial charge in [0.25, 0.3) is 5.89 Å². The summed E-state index contributed by atoms with van der Waals surface area (Å²) in [6.45, 7) is -0.859. The number of hydrogen-bond acceptors (Lipinski definition) is 6. The van der Waals surface area contributed by atoms with Crippen molar-refractivity contribution in [2.45, 2.75) is 13.5 Å². The van der Waals surface area contributed by atoms with Gasteiger partial charge in [0.15, 0.2) is 11.5 Å². The molecule has 0 saturated carbocycles. The van der Waals surface area contributed by atoms with Crippen LogP contribution in [-0.2, 0) is 0 Å². The molecule has 120 valence electrons. The highest BCUT2D eigenvalue weighted by atomic mass is 32.1. The smallest absolute Gasteiger partial charge is 0.387 e. The van der Waals surface area contributed by atoms with Gasteiger partial charge < -0.3 is 14.0 Å². The van der Waals surface area contributed by atoms with Gasteiger partial charge in [-0.3, -0.25) is 0 Å². The molecule has 5 nitrogen and oxygen atoms in total. The lowest BCUT2D eigenvalue weighted by atomic mass is 10.2. The number of nitrogens with zero attached hydrogens (tertiary/aromatic N) is 2. The van der Waals surface area contributed by atoms with E-state index in [-0.39, 0.29) is 17.4 Å². The maximum absolute atomic E-state index is 12.4. The number of ether oxygens (including phenoxy) is 2. The Hall–Kier alpha value is -2.48. The van der Waals surface area contributed by atoms with E-state index in [1.807, 2.05) is 17.5 Å². The van der Waals surface area contributed by atoms with Crippen LogP contribution in [0.5, 0.6) is 11.5 Å². The summed E-state index contributed by atoms with van der Waals surface area (Å²) in [4.78, 5) is 5.18. The summed E-state index contributed by atoms with van der Waals surface area (Å²) in [5.41, 5.74) is 0.561. The maximum atomic E-state index is 12.4. The second-order valence-electron chi connectivity index (χ2n) is 4.37. The molecule has 0 bridgehead atoms. The van der Waals surface area contributed by atoms with Gasteiger partial charge in [0.05, 0.1) is 11.5 Å². The van der Waals surface area contributed by atoms with Crippen molar-refractivity contribution >= 4 is 11.3 Å². The third-order valence-electron chi connectivity index (χ3n) is 2.87. The van der Waals surface area contributed by atoms with Crippen LogP contribution in [0.3, 0.4) is 0 Å². The van der Waals surface area contributed by atoms with Crippen molar-refractivity contribution in [3.05, 3.63) is 35.7 Å². The Kier molecular flexibility index (Phi) is 4.52. The van der Waals surface area contributed by atoms with Crippen LogP contribution in [0.15, 0.2) is 40.2 Å². The zero-order valence-corrected chi connectivity index (χ0v) is 12.8. The van der Waals surface area contributed by atoms with E-state index in [0.717, 1.165) is 4.88 Å². The number of thiophene rings is 1. The molecule has 1 aromatic carbocycles. The fourth-order valence-electron chi connectivity index (χ4n) is 1.95. The van der Waals surface area contributed by atoms with E-state index in [1.165, 1.54) is 23.5 Å². The van der Waals surface area contributed by atoms with Crippen LogP contribution >= 0.6 is 11.3 Å². The Balaban J connectivity index is 1.92. The number of benzene rings is 1. The second-order valence-corrected chi connectivity index (χ2v) is 5.32. The molecular formula is C15H12F2N2O3S. The van der Waals surface area contributed by atoms with E-state index in [2.05, 4.69) is 14.9 Å². The summed E-state index contributed by atoms with van der Waals surface area (Å²) in [5.74, 6) is 0.906. The van der Waals surface area contributed by atoms with Gasteiger partial charge >= 0.3 is 6.61 Å². The zero-order chi connectivity index (χ0) is 16.2.